The van der Waals surface area contributed by atoms with Crippen molar-refractivity contribution in [2.24, 2.45) is 5.73 Å². The monoisotopic (exact) mass is 222 g/mol. The van der Waals surface area contributed by atoms with Crippen LogP contribution < -0.4 is 5.73 Å². The third-order valence-corrected chi connectivity index (χ3v) is 2.30. The molecule has 1 amide bonds. The van der Waals surface area contributed by atoms with Gasteiger partial charge < -0.3 is 15.7 Å². The molecule has 0 spiro atoms. The number of piperidine rings is 1. The number of halogens is 1. The second-order valence-electron chi connectivity index (χ2n) is 4.25. The van der Waals surface area contributed by atoms with Gasteiger partial charge in [-0.2, -0.15) is 0 Å². The summed E-state index contributed by atoms with van der Waals surface area (Å²) in [6, 6.07) is 0. The van der Waals surface area contributed by atoms with Crippen LogP contribution in [-0.2, 0) is 4.79 Å². The topological polar surface area (TPSA) is 66.6 Å². The zero-order chi connectivity index (χ0) is 10.1. The number of hydrogen-bond donors (Lipinski definition) is 2. The maximum Gasteiger partial charge on any atom is 0.242 e. The van der Waals surface area contributed by atoms with Crippen LogP contribution in [0.2, 0.25) is 0 Å². The van der Waals surface area contributed by atoms with Crippen LogP contribution in [0.5, 0.6) is 0 Å². The first-order chi connectivity index (χ1) is 5.91. The fourth-order valence-corrected chi connectivity index (χ4v) is 1.48. The molecule has 14 heavy (non-hydrogen) atoms. The molecule has 1 fully saturated rings. The summed E-state index contributed by atoms with van der Waals surface area (Å²) in [6.07, 6.45) is 1.09. The van der Waals surface area contributed by atoms with Gasteiger partial charge in [0.05, 0.1) is 11.6 Å². The van der Waals surface area contributed by atoms with Crippen molar-refractivity contribution >= 4 is 18.3 Å². The molecule has 0 radical (unpaired) electrons. The van der Waals surface area contributed by atoms with E-state index in [4.69, 9.17) is 5.73 Å². The summed E-state index contributed by atoms with van der Waals surface area (Å²) in [6.45, 7) is 4.67. The number of aliphatic hydroxyl groups excluding tert-OH is 1. The Hall–Kier alpha value is -0.320. The van der Waals surface area contributed by atoms with E-state index < -0.39 is 5.54 Å². The van der Waals surface area contributed by atoms with Gasteiger partial charge in [0, 0.05) is 13.1 Å². The molecule has 0 aromatic heterocycles. The smallest absolute Gasteiger partial charge is 0.242 e. The zero-order valence-corrected chi connectivity index (χ0v) is 9.51. The lowest BCUT2D eigenvalue weighted by atomic mass is 10.0. The normalized spacial score (nSPS) is 19.0. The molecule has 4 nitrogen and oxygen atoms in total. The van der Waals surface area contributed by atoms with Gasteiger partial charge in [-0.05, 0) is 26.7 Å². The van der Waals surface area contributed by atoms with Gasteiger partial charge in [0.1, 0.15) is 0 Å². The molecule has 1 heterocycles. The predicted molar refractivity (Wildman–Crippen MR) is 57.3 cm³/mol. The van der Waals surface area contributed by atoms with Crippen molar-refractivity contribution in [1.29, 1.82) is 0 Å². The van der Waals surface area contributed by atoms with Crippen LogP contribution in [0.4, 0.5) is 0 Å². The van der Waals surface area contributed by atoms with Crippen LogP contribution in [0, 0.1) is 0 Å². The SMILES string of the molecule is CC(C)(N)C(=O)N1CCC(O)CC1.Cl. The van der Waals surface area contributed by atoms with E-state index >= 15 is 0 Å². The number of aliphatic hydroxyl groups is 1. The minimum absolute atomic E-state index is 0. The van der Waals surface area contributed by atoms with E-state index in [9.17, 15) is 9.90 Å². The highest BCUT2D eigenvalue weighted by Gasteiger charge is 2.30. The Kier molecular flexibility index (Phi) is 4.84. The van der Waals surface area contributed by atoms with Gasteiger partial charge in [0.15, 0.2) is 0 Å². The maximum absolute atomic E-state index is 11.6. The summed E-state index contributed by atoms with van der Waals surface area (Å²) in [5.41, 5.74) is 4.90. The summed E-state index contributed by atoms with van der Waals surface area (Å²) in [4.78, 5) is 13.4. The Labute approximate surface area is 90.9 Å². The van der Waals surface area contributed by atoms with Crippen LogP contribution in [0.25, 0.3) is 0 Å². The number of carbonyl (C=O) groups is 1. The molecule has 1 aliphatic rings. The number of nitrogens with zero attached hydrogens (tertiary/aromatic N) is 1. The first-order valence-corrected chi connectivity index (χ1v) is 4.67. The van der Waals surface area contributed by atoms with E-state index in [1.165, 1.54) is 0 Å². The van der Waals surface area contributed by atoms with Crippen LogP contribution in [0.1, 0.15) is 26.7 Å². The van der Waals surface area contributed by atoms with Crippen molar-refractivity contribution in [3.05, 3.63) is 0 Å². The summed E-state index contributed by atoms with van der Waals surface area (Å²) >= 11 is 0. The second-order valence-corrected chi connectivity index (χ2v) is 4.25. The van der Waals surface area contributed by atoms with E-state index in [-0.39, 0.29) is 24.4 Å². The third-order valence-electron chi connectivity index (χ3n) is 2.30. The van der Waals surface area contributed by atoms with Crippen LogP contribution >= 0.6 is 12.4 Å². The molecule has 1 rings (SSSR count). The number of amides is 1. The zero-order valence-electron chi connectivity index (χ0n) is 8.69. The Balaban J connectivity index is 0.00000169. The van der Waals surface area contributed by atoms with Crippen molar-refractivity contribution in [1.82, 2.24) is 4.90 Å². The molecule has 0 atom stereocenters. The predicted octanol–water partition coefficient (Wildman–Crippen LogP) is 0.129. The van der Waals surface area contributed by atoms with Gasteiger partial charge in [-0.25, -0.2) is 0 Å². The minimum Gasteiger partial charge on any atom is -0.393 e. The second kappa shape index (κ2) is 4.96. The fourth-order valence-electron chi connectivity index (χ4n) is 1.48. The van der Waals surface area contributed by atoms with Gasteiger partial charge in [0.25, 0.3) is 0 Å². The third kappa shape index (κ3) is 3.44. The molecule has 0 aromatic rings. The fraction of sp³-hybridized carbons (Fsp3) is 0.889. The molecule has 0 aromatic carbocycles. The highest BCUT2D eigenvalue weighted by atomic mass is 35.5. The molecule has 0 unspecified atom stereocenters. The molecule has 0 bridgehead atoms. The highest BCUT2D eigenvalue weighted by molar-refractivity contribution is 5.85. The van der Waals surface area contributed by atoms with Gasteiger partial charge >= 0.3 is 0 Å². The Morgan fingerprint density at radius 2 is 1.86 bits per heavy atom. The Morgan fingerprint density at radius 3 is 2.21 bits per heavy atom. The molecule has 1 aliphatic heterocycles. The standard InChI is InChI=1S/C9H18N2O2.ClH/c1-9(2,10)8(13)11-5-3-7(12)4-6-11;/h7,12H,3-6,10H2,1-2H3;1H. The van der Waals surface area contributed by atoms with Gasteiger partial charge in [-0.15, -0.1) is 12.4 Å². The maximum atomic E-state index is 11.6. The Bertz CT molecular complexity index is 195. The molecule has 84 valence electrons. The molecule has 0 aliphatic carbocycles. The molecule has 1 saturated heterocycles. The van der Waals surface area contributed by atoms with E-state index in [1.807, 2.05) is 0 Å². The van der Waals surface area contributed by atoms with E-state index in [0.717, 1.165) is 0 Å². The van der Waals surface area contributed by atoms with Crippen molar-refractivity contribution in [2.75, 3.05) is 13.1 Å². The molecule has 3 N–H and O–H groups in total. The van der Waals surface area contributed by atoms with Gasteiger partial charge in [0.2, 0.25) is 5.91 Å². The average Bonchev–Trinajstić information content (AvgIpc) is 2.03. The van der Waals surface area contributed by atoms with Crippen molar-refractivity contribution in [3.8, 4) is 0 Å². The van der Waals surface area contributed by atoms with E-state index in [1.54, 1.807) is 18.7 Å². The van der Waals surface area contributed by atoms with Crippen molar-refractivity contribution in [2.45, 2.75) is 38.3 Å². The lowest BCUT2D eigenvalue weighted by Crippen LogP contribution is -2.53. The first-order valence-electron chi connectivity index (χ1n) is 4.67. The minimum atomic E-state index is -0.789. The molecular formula is C9H19ClN2O2. The summed E-state index contributed by atoms with van der Waals surface area (Å²) < 4.78 is 0. The number of hydrogen-bond acceptors (Lipinski definition) is 3. The largest absolute Gasteiger partial charge is 0.393 e. The van der Waals surface area contributed by atoms with Crippen molar-refractivity contribution in [3.63, 3.8) is 0 Å². The summed E-state index contributed by atoms with van der Waals surface area (Å²) in [5, 5.41) is 9.24. The van der Waals surface area contributed by atoms with Gasteiger partial charge in [-0.3, -0.25) is 4.79 Å². The number of carbonyl (C=O) groups excluding carboxylic acids is 1. The Morgan fingerprint density at radius 1 is 1.43 bits per heavy atom. The number of nitrogens with two attached hydrogens (primary N) is 1. The first kappa shape index (κ1) is 13.7. The summed E-state index contributed by atoms with van der Waals surface area (Å²) in [5.74, 6) is -0.0283. The van der Waals surface area contributed by atoms with Crippen LogP contribution in [-0.4, -0.2) is 40.6 Å². The molecular weight excluding hydrogens is 204 g/mol. The number of rotatable bonds is 1. The van der Waals surface area contributed by atoms with E-state index in [2.05, 4.69) is 0 Å². The van der Waals surface area contributed by atoms with E-state index in [0.29, 0.717) is 25.9 Å². The quantitative estimate of drug-likeness (QED) is 0.663. The average molecular weight is 223 g/mol. The van der Waals surface area contributed by atoms with Crippen LogP contribution in [0.15, 0.2) is 0 Å². The van der Waals surface area contributed by atoms with Crippen molar-refractivity contribution < 1.29 is 9.90 Å². The van der Waals surface area contributed by atoms with Crippen LogP contribution in [0.3, 0.4) is 0 Å². The molecule has 5 heteroatoms. The lowest BCUT2D eigenvalue weighted by Gasteiger charge is -2.33. The highest BCUT2D eigenvalue weighted by Crippen LogP contribution is 2.13. The molecule has 0 saturated carbocycles. The number of likely N-dealkylation sites (tertiary alicyclic amines) is 1. The lowest BCUT2D eigenvalue weighted by molar-refractivity contribution is -0.137. The summed E-state index contributed by atoms with van der Waals surface area (Å²) in [7, 11) is 0. The van der Waals surface area contributed by atoms with Gasteiger partial charge in [-0.1, -0.05) is 0 Å².